The lowest BCUT2D eigenvalue weighted by molar-refractivity contribution is -0.119. The largest absolute Gasteiger partial charge is 0.376 e. The Hall–Kier alpha value is -2.53. The molecule has 2 aromatic rings. The number of rotatable bonds is 4. The molecule has 2 aromatic carbocycles. The highest BCUT2D eigenvalue weighted by Crippen LogP contribution is 2.28. The van der Waals surface area contributed by atoms with Crippen molar-refractivity contribution in [1.82, 2.24) is 0 Å². The van der Waals surface area contributed by atoms with Gasteiger partial charge in [-0.05, 0) is 55.3 Å². The molecule has 0 saturated carbocycles. The SMILES string of the molecule is CN(C)c1ccc(NC(=O)c2ccc(N3CCCCC3=O)cc2)cc1Cl. The van der Waals surface area contributed by atoms with E-state index < -0.39 is 0 Å². The smallest absolute Gasteiger partial charge is 0.255 e. The summed E-state index contributed by atoms with van der Waals surface area (Å²) in [6.07, 6.45) is 2.55. The zero-order valence-corrected chi connectivity index (χ0v) is 15.7. The highest BCUT2D eigenvalue weighted by atomic mass is 35.5. The zero-order chi connectivity index (χ0) is 18.7. The van der Waals surface area contributed by atoms with Gasteiger partial charge in [0.2, 0.25) is 5.91 Å². The number of carbonyl (C=O) groups is 2. The first-order valence-electron chi connectivity index (χ1n) is 8.64. The molecule has 1 saturated heterocycles. The summed E-state index contributed by atoms with van der Waals surface area (Å²) in [5, 5.41) is 3.43. The summed E-state index contributed by atoms with van der Waals surface area (Å²) in [6.45, 7) is 0.737. The van der Waals surface area contributed by atoms with E-state index in [1.807, 2.05) is 43.3 Å². The van der Waals surface area contributed by atoms with E-state index in [-0.39, 0.29) is 11.8 Å². The Morgan fingerprint density at radius 2 is 1.85 bits per heavy atom. The highest BCUT2D eigenvalue weighted by molar-refractivity contribution is 6.33. The van der Waals surface area contributed by atoms with Crippen LogP contribution in [-0.2, 0) is 4.79 Å². The minimum atomic E-state index is -0.213. The van der Waals surface area contributed by atoms with Crippen molar-refractivity contribution in [1.29, 1.82) is 0 Å². The molecule has 1 aliphatic heterocycles. The maximum atomic E-state index is 12.5. The van der Waals surface area contributed by atoms with Crippen LogP contribution in [0.25, 0.3) is 0 Å². The minimum Gasteiger partial charge on any atom is -0.376 e. The number of anilines is 3. The molecule has 0 aromatic heterocycles. The molecule has 6 heteroatoms. The van der Waals surface area contributed by atoms with Crippen molar-refractivity contribution in [3.8, 4) is 0 Å². The predicted molar refractivity (Wildman–Crippen MR) is 106 cm³/mol. The van der Waals surface area contributed by atoms with E-state index in [9.17, 15) is 9.59 Å². The number of carbonyl (C=O) groups excluding carboxylic acids is 2. The zero-order valence-electron chi connectivity index (χ0n) is 15.0. The third kappa shape index (κ3) is 3.99. The minimum absolute atomic E-state index is 0.143. The van der Waals surface area contributed by atoms with Crippen LogP contribution >= 0.6 is 11.6 Å². The Morgan fingerprint density at radius 3 is 2.46 bits per heavy atom. The summed E-state index contributed by atoms with van der Waals surface area (Å²) >= 11 is 6.24. The van der Waals surface area contributed by atoms with Crippen LogP contribution in [0.2, 0.25) is 5.02 Å². The average molecular weight is 372 g/mol. The summed E-state index contributed by atoms with van der Waals surface area (Å²) in [5.74, 6) is -0.0701. The Bertz CT molecular complexity index is 818. The second-order valence-corrected chi connectivity index (χ2v) is 6.97. The number of nitrogens with one attached hydrogen (secondary N) is 1. The van der Waals surface area contributed by atoms with Gasteiger partial charge in [-0.25, -0.2) is 0 Å². The number of benzene rings is 2. The van der Waals surface area contributed by atoms with Gasteiger partial charge < -0.3 is 15.1 Å². The Morgan fingerprint density at radius 1 is 1.12 bits per heavy atom. The Balaban J connectivity index is 1.70. The van der Waals surface area contributed by atoms with Crippen molar-refractivity contribution in [2.75, 3.05) is 35.8 Å². The molecule has 0 aliphatic carbocycles. The van der Waals surface area contributed by atoms with E-state index in [4.69, 9.17) is 11.6 Å². The van der Waals surface area contributed by atoms with Gasteiger partial charge in [-0.3, -0.25) is 9.59 Å². The molecule has 0 unspecified atom stereocenters. The molecule has 0 spiro atoms. The lowest BCUT2D eigenvalue weighted by Gasteiger charge is -2.26. The summed E-state index contributed by atoms with van der Waals surface area (Å²) in [7, 11) is 3.82. The molecular weight excluding hydrogens is 350 g/mol. The van der Waals surface area contributed by atoms with Crippen LogP contribution < -0.4 is 15.1 Å². The van der Waals surface area contributed by atoms with E-state index in [1.165, 1.54) is 0 Å². The molecule has 5 nitrogen and oxygen atoms in total. The van der Waals surface area contributed by atoms with Gasteiger partial charge in [0.05, 0.1) is 10.7 Å². The first-order chi connectivity index (χ1) is 12.5. The molecule has 1 N–H and O–H groups in total. The van der Waals surface area contributed by atoms with Crippen molar-refractivity contribution in [2.24, 2.45) is 0 Å². The second kappa shape index (κ2) is 7.79. The van der Waals surface area contributed by atoms with Gasteiger partial charge in [-0.1, -0.05) is 11.6 Å². The molecule has 0 radical (unpaired) electrons. The number of hydrogen-bond acceptors (Lipinski definition) is 3. The van der Waals surface area contributed by atoms with Crippen LogP contribution in [0.1, 0.15) is 29.6 Å². The van der Waals surface area contributed by atoms with Crippen LogP contribution in [0.15, 0.2) is 42.5 Å². The summed E-state index contributed by atoms with van der Waals surface area (Å²) < 4.78 is 0. The van der Waals surface area contributed by atoms with E-state index >= 15 is 0 Å². The van der Waals surface area contributed by atoms with Gasteiger partial charge in [0, 0.05) is 44.0 Å². The van der Waals surface area contributed by atoms with Gasteiger partial charge in [0.25, 0.3) is 5.91 Å². The third-order valence-electron chi connectivity index (χ3n) is 4.45. The number of hydrogen-bond donors (Lipinski definition) is 1. The number of nitrogens with zero attached hydrogens (tertiary/aromatic N) is 2. The van der Waals surface area contributed by atoms with Gasteiger partial charge in [-0.15, -0.1) is 0 Å². The quantitative estimate of drug-likeness (QED) is 0.877. The molecular formula is C20H22ClN3O2. The van der Waals surface area contributed by atoms with Crippen molar-refractivity contribution in [3.05, 3.63) is 53.1 Å². The van der Waals surface area contributed by atoms with Crippen molar-refractivity contribution < 1.29 is 9.59 Å². The van der Waals surface area contributed by atoms with Crippen LogP contribution in [0, 0.1) is 0 Å². The molecule has 0 bridgehead atoms. The normalized spacial score (nSPS) is 14.3. The maximum Gasteiger partial charge on any atom is 0.255 e. The van der Waals surface area contributed by atoms with Gasteiger partial charge in [0.15, 0.2) is 0 Å². The van der Waals surface area contributed by atoms with E-state index in [0.29, 0.717) is 22.7 Å². The molecule has 0 atom stereocenters. The highest BCUT2D eigenvalue weighted by Gasteiger charge is 2.19. The lowest BCUT2D eigenvalue weighted by Crippen LogP contribution is -2.35. The second-order valence-electron chi connectivity index (χ2n) is 6.56. The first kappa shape index (κ1) is 18.3. The first-order valence-corrected chi connectivity index (χ1v) is 9.02. The Kier molecular flexibility index (Phi) is 5.47. The summed E-state index contributed by atoms with van der Waals surface area (Å²) in [4.78, 5) is 28.1. The average Bonchev–Trinajstić information content (AvgIpc) is 2.62. The number of amides is 2. The van der Waals surface area contributed by atoms with Gasteiger partial charge in [0.1, 0.15) is 0 Å². The molecule has 1 aliphatic rings. The van der Waals surface area contributed by atoms with Crippen molar-refractivity contribution in [2.45, 2.75) is 19.3 Å². The van der Waals surface area contributed by atoms with Crippen LogP contribution in [-0.4, -0.2) is 32.5 Å². The monoisotopic (exact) mass is 371 g/mol. The topological polar surface area (TPSA) is 52.7 Å². The fourth-order valence-electron chi connectivity index (χ4n) is 3.02. The third-order valence-corrected chi connectivity index (χ3v) is 4.75. The van der Waals surface area contributed by atoms with Crippen LogP contribution in [0.3, 0.4) is 0 Å². The summed E-state index contributed by atoms with van der Waals surface area (Å²) in [6, 6.07) is 12.5. The number of piperidine rings is 1. The molecule has 1 heterocycles. The van der Waals surface area contributed by atoms with Crippen LogP contribution in [0.5, 0.6) is 0 Å². The van der Waals surface area contributed by atoms with E-state index in [2.05, 4.69) is 5.32 Å². The fraction of sp³-hybridized carbons (Fsp3) is 0.300. The predicted octanol–water partition coefficient (Wildman–Crippen LogP) is 4.18. The van der Waals surface area contributed by atoms with Crippen molar-refractivity contribution in [3.63, 3.8) is 0 Å². The fourth-order valence-corrected chi connectivity index (χ4v) is 3.37. The Labute approximate surface area is 158 Å². The molecule has 2 amide bonds. The lowest BCUT2D eigenvalue weighted by atomic mass is 10.1. The van der Waals surface area contributed by atoms with Crippen molar-refractivity contribution >= 4 is 40.5 Å². The summed E-state index contributed by atoms with van der Waals surface area (Å²) in [5.41, 5.74) is 2.90. The van der Waals surface area contributed by atoms with E-state index in [0.717, 1.165) is 30.8 Å². The number of halogens is 1. The molecule has 26 heavy (non-hydrogen) atoms. The molecule has 1 fully saturated rings. The maximum absolute atomic E-state index is 12.5. The van der Waals surface area contributed by atoms with Crippen LogP contribution in [0.4, 0.5) is 17.1 Å². The standard InChI is InChI=1S/C20H22ClN3O2/c1-23(2)18-11-8-15(13-17(18)21)22-20(26)14-6-9-16(10-7-14)24-12-4-3-5-19(24)25/h6-11,13H,3-5,12H2,1-2H3,(H,22,26). The van der Waals surface area contributed by atoms with E-state index in [1.54, 1.807) is 23.1 Å². The van der Waals surface area contributed by atoms with Gasteiger partial charge in [-0.2, -0.15) is 0 Å². The molecule has 3 rings (SSSR count). The van der Waals surface area contributed by atoms with Gasteiger partial charge >= 0.3 is 0 Å². The molecule has 136 valence electrons.